The highest BCUT2D eigenvalue weighted by Crippen LogP contribution is 2.24. The lowest BCUT2D eigenvalue weighted by molar-refractivity contribution is -0.140. The molecule has 1 unspecified atom stereocenters. The third-order valence-electron chi connectivity index (χ3n) is 2.15. The van der Waals surface area contributed by atoms with E-state index in [9.17, 15) is 4.79 Å². The first kappa shape index (κ1) is 11.0. The fourth-order valence-corrected chi connectivity index (χ4v) is 2.03. The molecular weight excluding hydrogens is 226 g/mol. The van der Waals surface area contributed by atoms with Crippen molar-refractivity contribution in [3.63, 3.8) is 0 Å². The Kier molecular flexibility index (Phi) is 3.14. The fraction of sp³-hybridized carbons (Fsp3) is 0.273. The predicted molar refractivity (Wildman–Crippen MR) is 61.5 cm³/mol. The van der Waals surface area contributed by atoms with Crippen molar-refractivity contribution in [2.75, 3.05) is 5.75 Å². The van der Waals surface area contributed by atoms with Crippen molar-refractivity contribution >= 4 is 28.8 Å². The minimum atomic E-state index is -0.802. The maximum atomic E-state index is 10.6. The lowest BCUT2D eigenvalue weighted by Gasteiger charge is -2.01. The van der Waals surface area contributed by atoms with Crippen molar-refractivity contribution in [3.8, 4) is 0 Å². The second-order valence-electron chi connectivity index (χ2n) is 3.50. The average Bonchev–Trinajstić information content (AvgIpc) is 2.68. The molecule has 2 rings (SSSR count). The number of benzene rings is 1. The van der Waals surface area contributed by atoms with Gasteiger partial charge in [0.25, 0.3) is 5.22 Å². The molecule has 1 aromatic carbocycles. The van der Waals surface area contributed by atoms with Gasteiger partial charge in [-0.15, -0.1) is 0 Å². The number of carboxylic acids is 1. The highest BCUT2D eigenvalue weighted by Gasteiger charge is 2.13. The molecule has 1 heterocycles. The number of carbonyl (C=O) groups is 1. The Balaban J connectivity index is 2.07. The first-order valence-electron chi connectivity index (χ1n) is 4.88. The van der Waals surface area contributed by atoms with E-state index in [4.69, 9.17) is 9.52 Å². The third-order valence-corrected chi connectivity index (χ3v) is 3.24. The van der Waals surface area contributed by atoms with Crippen molar-refractivity contribution in [1.82, 2.24) is 4.98 Å². The zero-order valence-electron chi connectivity index (χ0n) is 8.71. The minimum absolute atomic E-state index is 0.403. The molecule has 5 heteroatoms. The molecule has 0 bridgehead atoms. The van der Waals surface area contributed by atoms with E-state index in [1.165, 1.54) is 11.8 Å². The Morgan fingerprint density at radius 1 is 1.56 bits per heavy atom. The molecule has 0 radical (unpaired) electrons. The number of carboxylic acid groups (broad SMARTS) is 1. The first-order valence-corrected chi connectivity index (χ1v) is 5.86. The van der Waals surface area contributed by atoms with Crippen LogP contribution in [-0.2, 0) is 4.79 Å². The molecule has 4 nitrogen and oxygen atoms in total. The quantitative estimate of drug-likeness (QED) is 0.828. The summed E-state index contributed by atoms with van der Waals surface area (Å²) in [6.45, 7) is 1.66. The molecule has 0 aliphatic heterocycles. The Hall–Kier alpha value is -1.49. The maximum absolute atomic E-state index is 10.6. The number of para-hydroxylation sites is 2. The van der Waals surface area contributed by atoms with Gasteiger partial charge in [0.1, 0.15) is 5.52 Å². The van der Waals surface area contributed by atoms with Gasteiger partial charge >= 0.3 is 5.97 Å². The van der Waals surface area contributed by atoms with Crippen LogP contribution in [-0.4, -0.2) is 21.8 Å². The van der Waals surface area contributed by atoms with Gasteiger partial charge in [-0.05, 0) is 12.1 Å². The summed E-state index contributed by atoms with van der Waals surface area (Å²) in [7, 11) is 0. The van der Waals surface area contributed by atoms with Crippen molar-refractivity contribution in [2.24, 2.45) is 5.92 Å². The number of rotatable bonds is 4. The van der Waals surface area contributed by atoms with E-state index in [1.807, 2.05) is 24.3 Å². The highest BCUT2D eigenvalue weighted by atomic mass is 32.2. The molecular formula is C11H11NO3S. The van der Waals surface area contributed by atoms with Crippen LogP contribution >= 0.6 is 11.8 Å². The second kappa shape index (κ2) is 4.57. The Morgan fingerprint density at radius 2 is 2.31 bits per heavy atom. The molecule has 1 atom stereocenters. The van der Waals surface area contributed by atoms with Crippen LogP contribution in [0.15, 0.2) is 33.9 Å². The molecule has 84 valence electrons. The van der Waals surface area contributed by atoms with Crippen LogP contribution in [0.3, 0.4) is 0 Å². The van der Waals surface area contributed by atoms with Gasteiger partial charge in [-0.1, -0.05) is 30.8 Å². The topological polar surface area (TPSA) is 63.3 Å². The van der Waals surface area contributed by atoms with E-state index in [1.54, 1.807) is 6.92 Å². The number of nitrogens with zero attached hydrogens (tertiary/aromatic N) is 1. The lowest BCUT2D eigenvalue weighted by atomic mass is 10.2. The van der Waals surface area contributed by atoms with Gasteiger partial charge in [0.05, 0.1) is 5.92 Å². The van der Waals surface area contributed by atoms with E-state index < -0.39 is 11.9 Å². The summed E-state index contributed by atoms with van der Waals surface area (Å²) in [5.41, 5.74) is 1.53. The molecule has 1 aromatic heterocycles. The summed E-state index contributed by atoms with van der Waals surface area (Å²) in [6.07, 6.45) is 0. The number of aromatic nitrogens is 1. The van der Waals surface area contributed by atoms with Crippen LogP contribution in [0.1, 0.15) is 6.92 Å². The third kappa shape index (κ3) is 2.36. The summed E-state index contributed by atoms with van der Waals surface area (Å²) in [5, 5.41) is 9.26. The maximum Gasteiger partial charge on any atom is 0.307 e. The normalized spacial score (nSPS) is 12.8. The first-order chi connectivity index (χ1) is 7.66. The van der Waals surface area contributed by atoms with Gasteiger partial charge in [0.2, 0.25) is 0 Å². The van der Waals surface area contributed by atoms with E-state index >= 15 is 0 Å². The van der Waals surface area contributed by atoms with Gasteiger partial charge in [-0.3, -0.25) is 4.79 Å². The SMILES string of the molecule is CC(CSc1nc2ccccc2o1)C(=O)O. The van der Waals surface area contributed by atoms with Crippen LogP contribution < -0.4 is 0 Å². The molecule has 0 aliphatic carbocycles. The van der Waals surface area contributed by atoms with Crippen LogP contribution in [0.5, 0.6) is 0 Å². The summed E-state index contributed by atoms with van der Waals surface area (Å²) in [4.78, 5) is 14.9. The van der Waals surface area contributed by atoms with E-state index in [0.717, 1.165) is 11.1 Å². The van der Waals surface area contributed by atoms with Gasteiger partial charge in [-0.2, -0.15) is 0 Å². The van der Waals surface area contributed by atoms with Crippen molar-refractivity contribution < 1.29 is 14.3 Å². The van der Waals surface area contributed by atoms with Gasteiger partial charge in [0, 0.05) is 5.75 Å². The molecule has 0 saturated carbocycles. The number of hydrogen-bond donors (Lipinski definition) is 1. The fourth-order valence-electron chi connectivity index (χ4n) is 1.18. The average molecular weight is 237 g/mol. The van der Waals surface area contributed by atoms with E-state index in [-0.39, 0.29) is 0 Å². The van der Waals surface area contributed by atoms with Crippen LogP contribution in [0, 0.1) is 5.92 Å². The summed E-state index contributed by atoms with van der Waals surface area (Å²) in [5.74, 6) is -0.745. The molecule has 2 aromatic rings. The van der Waals surface area contributed by atoms with Crippen LogP contribution in [0.4, 0.5) is 0 Å². The molecule has 0 fully saturated rings. The zero-order chi connectivity index (χ0) is 11.5. The van der Waals surface area contributed by atoms with Crippen molar-refractivity contribution in [2.45, 2.75) is 12.1 Å². The van der Waals surface area contributed by atoms with Gasteiger partial charge in [0.15, 0.2) is 5.58 Å². The smallest absolute Gasteiger partial charge is 0.307 e. The Bertz CT molecular complexity index is 476. The van der Waals surface area contributed by atoms with Crippen molar-refractivity contribution in [3.05, 3.63) is 24.3 Å². The standard InChI is InChI=1S/C11H11NO3S/c1-7(10(13)14)6-16-11-12-8-4-2-3-5-9(8)15-11/h2-5,7H,6H2,1H3,(H,13,14). The Labute approximate surface area is 96.7 Å². The Morgan fingerprint density at radius 3 is 3.00 bits per heavy atom. The number of aliphatic carboxylic acids is 1. The number of hydrogen-bond acceptors (Lipinski definition) is 4. The minimum Gasteiger partial charge on any atom is -0.481 e. The molecule has 0 amide bonds. The predicted octanol–water partition coefficient (Wildman–Crippen LogP) is 2.64. The molecule has 0 aliphatic rings. The molecule has 16 heavy (non-hydrogen) atoms. The van der Waals surface area contributed by atoms with Gasteiger partial charge < -0.3 is 9.52 Å². The summed E-state index contributed by atoms with van der Waals surface area (Å²) in [6, 6.07) is 7.47. The number of fused-ring (bicyclic) bond motifs is 1. The zero-order valence-corrected chi connectivity index (χ0v) is 9.53. The van der Waals surface area contributed by atoms with Crippen LogP contribution in [0.25, 0.3) is 11.1 Å². The number of thioether (sulfide) groups is 1. The van der Waals surface area contributed by atoms with E-state index in [0.29, 0.717) is 11.0 Å². The second-order valence-corrected chi connectivity index (χ2v) is 4.47. The monoisotopic (exact) mass is 237 g/mol. The molecule has 0 saturated heterocycles. The summed E-state index contributed by atoms with van der Waals surface area (Å²) >= 11 is 1.32. The van der Waals surface area contributed by atoms with Gasteiger partial charge in [-0.25, -0.2) is 4.98 Å². The molecule has 1 N–H and O–H groups in total. The highest BCUT2D eigenvalue weighted by molar-refractivity contribution is 7.99. The largest absolute Gasteiger partial charge is 0.481 e. The van der Waals surface area contributed by atoms with Crippen LogP contribution in [0.2, 0.25) is 0 Å². The van der Waals surface area contributed by atoms with E-state index in [2.05, 4.69) is 4.98 Å². The number of oxazole rings is 1. The lowest BCUT2D eigenvalue weighted by Crippen LogP contribution is -2.11. The van der Waals surface area contributed by atoms with Crippen molar-refractivity contribution in [1.29, 1.82) is 0 Å². The molecule has 0 spiro atoms. The summed E-state index contributed by atoms with van der Waals surface area (Å²) < 4.78 is 5.46.